The summed E-state index contributed by atoms with van der Waals surface area (Å²) in [6, 6.07) is 11.6. The van der Waals surface area contributed by atoms with Crippen molar-refractivity contribution >= 4 is 11.6 Å². The topological polar surface area (TPSA) is 77.2 Å². The third-order valence-electron chi connectivity index (χ3n) is 4.55. The predicted molar refractivity (Wildman–Crippen MR) is 118 cm³/mol. The van der Waals surface area contributed by atoms with Gasteiger partial charge in [0.1, 0.15) is 18.1 Å². The SMILES string of the molecule is CC(C)Oc1ccc(NC(=NCc2ccco2)NCCCOCC2CCCO2)cc1. The molecule has 7 nitrogen and oxygen atoms in total. The monoisotopic (exact) mass is 415 g/mol. The van der Waals surface area contributed by atoms with Crippen molar-refractivity contribution in [1.29, 1.82) is 0 Å². The second kappa shape index (κ2) is 12.2. The molecule has 1 unspecified atom stereocenters. The van der Waals surface area contributed by atoms with Crippen molar-refractivity contribution in [2.75, 3.05) is 31.7 Å². The van der Waals surface area contributed by atoms with E-state index in [1.54, 1.807) is 6.26 Å². The van der Waals surface area contributed by atoms with Gasteiger partial charge in [-0.05, 0) is 69.5 Å². The van der Waals surface area contributed by atoms with Gasteiger partial charge >= 0.3 is 0 Å². The van der Waals surface area contributed by atoms with E-state index in [-0.39, 0.29) is 12.2 Å². The van der Waals surface area contributed by atoms with Gasteiger partial charge in [-0.1, -0.05) is 0 Å². The van der Waals surface area contributed by atoms with E-state index in [2.05, 4.69) is 15.6 Å². The molecule has 0 amide bonds. The fraction of sp³-hybridized carbons (Fsp3) is 0.522. The minimum absolute atomic E-state index is 0.151. The first-order valence-electron chi connectivity index (χ1n) is 10.7. The number of benzene rings is 1. The molecule has 1 aliphatic rings. The van der Waals surface area contributed by atoms with Crippen molar-refractivity contribution in [3.05, 3.63) is 48.4 Å². The molecule has 0 aliphatic carbocycles. The van der Waals surface area contributed by atoms with Crippen LogP contribution in [0.25, 0.3) is 0 Å². The molecule has 30 heavy (non-hydrogen) atoms. The van der Waals surface area contributed by atoms with Crippen molar-refractivity contribution in [2.45, 2.75) is 51.9 Å². The highest BCUT2D eigenvalue weighted by atomic mass is 16.5. The maximum Gasteiger partial charge on any atom is 0.196 e. The number of anilines is 1. The second-order valence-electron chi connectivity index (χ2n) is 7.55. The number of aliphatic imine (C=N–C) groups is 1. The van der Waals surface area contributed by atoms with Gasteiger partial charge in [0.2, 0.25) is 0 Å². The average Bonchev–Trinajstić information content (AvgIpc) is 3.43. The number of nitrogens with zero attached hydrogens (tertiary/aromatic N) is 1. The Kier molecular flexibility index (Phi) is 9.05. The molecule has 0 spiro atoms. The molecule has 7 heteroatoms. The van der Waals surface area contributed by atoms with E-state index >= 15 is 0 Å². The number of hydrogen-bond donors (Lipinski definition) is 2. The molecule has 2 N–H and O–H groups in total. The van der Waals surface area contributed by atoms with Crippen LogP contribution in [0.2, 0.25) is 0 Å². The molecule has 2 aromatic rings. The van der Waals surface area contributed by atoms with E-state index < -0.39 is 0 Å². The molecule has 3 rings (SSSR count). The maximum absolute atomic E-state index is 5.73. The van der Waals surface area contributed by atoms with E-state index in [1.165, 1.54) is 0 Å². The summed E-state index contributed by atoms with van der Waals surface area (Å²) >= 11 is 0. The summed E-state index contributed by atoms with van der Waals surface area (Å²) in [5.41, 5.74) is 0.937. The normalized spacial score (nSPS) is 16.8. The quantitative estimate of drug-likeness (QED) is 0.325. The van der Waals surface area contributed by atoms with E-state index in [0.29, 0.717) is 25.7 Å². The van der Waals surface area contributed by atoms with E-state index in [1.807, 2.05) is 50.2 Å². The van der Waals surface area contributed by atoms with Crippen LogP contribution in [0, 0.1) is 0 Å². The van der Waals surface area contributed by atoms with Crippen molar-refractivity contribution in [2.24, 2.45) is 4.99 Å². The zero-order valence-electron chi connectivity index (χ0n) is 17.9. The zero-order valence-corrected chi connectivity index (χ0v) is 17.9. The highest BCUT2D eigenvalue weighted by Crippen LogP contribution is 2.17. The van der Waals surface area contributed by atoms with Gasteiger partial charge in [0, 0.05) is 25.4 Å². The third kappa shape index (κ3) is 8.08. The molecule has 1 fully saturated rings. The number of furan rings is 1. The van der Waals surface area contributed by atoms with Gasteiger partial charge in [-0.3, -0.25) is 0 Å². The molecule has 1 atom stereocenters. The Morgan fingerprint density at radius 2 is 2.10 bits per heavy atom. The lowest BCUT2D eigenvalue weighted by Gasteiger charge is -2.14. The van der Waals surface area contributed by atoms with Crippen LogP contribution in [0.4, 0.5) is 5.69 Å². The first-order chi connectivity index (χ1) is 14.7. The summed E-state index contributed by atoms with van der Waals surface area (Å²) in [5.74, 6) is 2.36. The predicted octanol–water partition coefficient (Wildman–Crippen LogP) is 4.21. The first kappa shape index (κ1) is 22.2. The van der Waals surface area contributed by atoms with Crippen molar-refractivity contribution in [3.63, 3.8) is 0 Å². The van der Waals surface area contributed by atoms with E-state index in [0.717, 1.165) is 49.6 Å². The number of rotatable bonds is 11. The highest BCUT2D eigenvalue weighted by Gasteiger charge is 2.14. The average molecular weight is 416 g/mol. The molecule has 0 saturated carbocycles. The van der Waals surface area contributed by atoms with Crippen molar-refractivity contribution < 1.29 is 18.6 Å². The molecule has 2 heterocycles. The fourth-order valence-corrected chi connectivity index (χ4v) is 3.10. The Morgan fingerprint density at radius 3 is 2.80 bits per heavy atom. The lowest BCUT2D eigenvalue weighted by atomic mass is 10.2. The Labute approximate surface area is 178 Å². The van der Waals surface area contributed by atoms with Crippen LogP contribution in [0.15, 0.2) is 52.1 Å². The lowest BCUT2D eigenvalue weighted by molar-refractivity contribution is 0.0168. The molecular weight excluding hydrogens is 382 g/mol. The third-order valence-corrected chi connectivity index (χ3v) is 4.55. The zero-order chi connectivity index (χ0) is 21.0. The van der Waals surface area contributed by atoms with Crippen LogP contribution in [-0.4, -0.2) is 44.5 Å². The number of nitrogens with one attached hydrogen (secondary N) is 2. The molecule has 1 aliphatic heterocycles. The van der Waals surface area contributed by atoms with Crippen molar-refractivity contribution in [3.8, 4) is 5.75 Å². The largest absolute Gasteiger partial charge is 0.491 e. The summed E-state index contributed by atoms with van der Waals surface area (Å²) in [4.78, 5) is 4.62. The number of ether oxygens (including phenoxy) is 3. The summed E-state index contributed by atoms with van der Waals surface area (Å²) in [6.07, 6.45) is 5.21. The molecular formula is C23H33N3O4. The Balaban J connectivity index is 1.46. The Morgan fingerprint density at radius 1 is 1.23 bits per heavy atom. The Hall–Kier alpha value is -2.51. The summed E-state index contributed by atoms with van der Waals surface area (Å²) in [5, 5.41) is 6.70. The molecule has 0 bridgehead atoms. The highest BCUT2D eigenvalue weighted by molar-refractivity contribution is 5.93. The summed E-state index contributed by atoms with van der Waals surface area (Å²) in [6.45, 7) is 7.49. The fourth-order valence-electron chi connectivity index (χ4n) is 3.10. The van der Waals surface area contributed by atoms with Gasteiger partial charge in [-0.25, -0.2) is 4.99 Å². The van der Waals surface area contributed by atoms with Gasteiger partial charge in [-0.15, -0.1) is 0 Å². The molecule has 1 aromatic heterocycles. The van der Waals surface area contributed by atoms with E-state index in [4.69, 9.17) is 18.6 Å². The molecule has 1 aromatic carbocycles. The summed E-state index contributed by atoms with van der Waals surface area (Å²) < 4.78 is 22.4. The van der Waals surface area contributed by atoms with Crippen LogP contribution in [0.1, 0.15) is 38.9 Å². The minimum Gasteiger partial charge on any atom is -0.491 e. The van der Waals surface area contributed by atoms with Crippen LogP contribution in [-0.2, 0) is 16.0 Å². The lowest BCUT2D eigenvalue weighted by Crippen LogP contribution is -2.32. The van der Waals surface area contributed by atoms with Gasteiger partial charge in [0.25, 0.3) is 0 Å². The van der Waals surface area contributed by atoms with Gasteiger partial charge in [-0.2, -0.15) is 0 Å². The van der Waals surface area contributed by atoms with Gasteiger partial charge < -0.3 is 29.3 Å². The standard InChI is InChI=1S/C23H33N3O4/c1-18(2)30-20-10-8-19(9-11-20)26-23(25-16-21-6-3-14-28-21)24-12-5-13-27-17-22-7-4-15-29-22/h3,6,8-11,14,18,22H,4-5,7,12-13,15-17H2,1-2H3,(H2,24,25,26). The van der Waals surface area contributed by atoms with Crippen LogP contribution in [0.3, 0.4) is 0 Å². The number of hydrogen-bond acceptors (Lipinski definition) is 5. The molecule has 1 saturated heterocycles. The number of guanidine groups is 1. The minimum atomic E-state index is 0.151. The maximum atomic E-state index is 5.73. The van der Waals surface area contributed by atoms with E-state index in [9.17, 15) is 0 Å². The first-order valence-corrected chi connectivity index (χ1v) is 10.7. The van der Waals surface area contributed by atoms with Gasteiger partial charge in [0.15, 0.2) is 5.96 Å². The smallest absolute Gasteiger partial charge is 0.196 e. The molecule has 164 valence electrons. The van der Waals surface area contributed by atoms with Crippen LogP contribution in [0.5, 0.6) is 5.75 Å². The summed E-state index contributed by atoms with van der Waals surface area (Å²) in [7, 11) is 0. The van der Waals surface area contributed by atoms with Crippen LogP contribution >= 0.6 is 0 Å². The second-order valence-corrected chi connectivity index (χ2v) is 7.55. The van der Waals surface area contributed by atoms with Gasteiger partial charge in [0.05, 0.1) is 25.1 Å². The molecule has 0 radical (unpaired) electrons. The van der Waals surface area contributed by atoms with Crippen molar-refractivity contribution in [1.82, 2.24) is 5.32 Å². The van der Waals surface area contributed by atoms with Crippen LogP contribution < -0.4 is 15.4 Å². The Bertz CT molecular complexity index is 738.